The normalized spacial score (nSPS) is 10.6. The van der Waals surface area contributed by atoms with Crippen molar-refractivity contribution >= 4 is 28.7 Å². The summed E-state index contributed by atoms with van der Waals surface area (Å²) >= 11 is 1.53. The average Bonchev–Trinajstić information content (AvgIpc) is 2.58. The first-order valence-electron chi connectivity index (χ1n) is 4.04. The number of carbonyl (C=O) groups is 1. The fourth-order valence-corrected chi connectivity index (χ4v) is 1.63. The minimum absolute atomic E-state index is 0.430. The molecule has 1 aromatic carbocycles. The van der Waals surface area contributed by atoms with Gasteiger partial charge in [-0.1, -0.05) is 11.8 Å². The Balaban J connectivity index is 2.59. The van der Waals surface area contributed by atoms with E-state index in [-0.39, 0.29) is 0 Å². The third-order valence-corrected chi connectivity index (χ3v) is 2.52. The number of hydrogen-bond acceptors (Lipinski definition) is 3. The van der Waals surface area contributed by atoms with Gasteiger partial charge in [0.1, 0.15) is 0 Å². The largest absolute Gasteiger partial charge is 0.366 e. The van der Waals surface area contributed by atoms with Crippen LogP contribution in [0.4, 0.5) is 0 Å². The highest BCUT2D eigenvalue weighted by Gasteiger charge is 2.05. The number of amides is 1. The second-order valence-electron chi connectivity index (χ2n) is 2.84. The summed E-state index contributed by atoms with van der Waals surface area (Å²) < 4.78 is 0. The Morgan fingerprint density at radius 3 is 3.00 bits per heavy atom. The molecule has 1 amide bonds. The Morgan fingerprint density at radius 2 is 2.36 bits per heavy atom. The predicted octanol–water partition coefficient (Wildman–Crippen LogP) is 1.38. The van der Waals surface area contributed by atoms with Crippen molar-refractivity contribution in [1.82, 2.24) is 9.97 Å². The lowest BCUT2D eigenvalue weighted by molar-refractivity contribution is 0.100. The van der Waals surface area contributed by atoms with Gasteiger partial charge in [0.25, 0.3) is 0 Å². The summed E-state index contributed by atoms with van der Waals surface area (Å²) in [7, 11) is 0. The number of nitrogens with two attached hydrogens (primary N) is 1. The monoisotopic (exact) mass is 207 g/mol. The molecule has 0 aliphatic rings. The van der Waals surface area contributed by atoms with Crippen LogP contribution in [-0.2, 0) is 0 Å². The number of H-pyrrole nitrogens is 1. The molecule has 0 bridgehead atoms. The molecule has 0 atom stereocenters. The highest BCUT2D eigenvalue weighted by atomic mass is 32.2. The van der Waals surface area contributed by atoms with E-state index in [9.17, 15) is 4.79 Å². The third-order valence-electron chi connectivity index (χ3n) is 1.94. The van der Waals surface area contributed by atoms with E-state index in [1.54, 1.807) is 12.1 Å². The van der Waals surface area contributed by atoms with Crippen LogP contribution >= 0.6 is 11.8 Å². The van der Waals surface area contributed by atoms with Gasteiger partial charge in [-0.25, -0.2) is 4.98 Å². The summed E-state index contributed by atoms with van der Waals surface area (Å²) in [5, 5.41) is 0.835. The topological polar surface area (TPSA) is 71.8 Å². The molecular weight excluding hydrogens is 198 g/mol. The highest BCUT2D eigenvalue weighted by Crippen LogP contribution is 2.18. The molecule has 0 aliphatic carbocycles. The van der Waals surface area contributed by atoms with Crippen molar-refractivity contribution in [3.63, 3.8) is 0 Å². The maximum absolute atomic E-state index is 10.9. The van der Waals surface area contributed by atoms with E-state index in [0.29, 0.717) is 5.56 Å². The van der Waals surface area contributed by atoms with E-state index in [1.165, 1.54) is 11.8 Å². The first-order valence-corrected chi connectivity index (χ1v) is 5.27. The smallest absolute Gasteiger partial charge is 0.248 e. The van der Waals surface area contributed by atoms with Gasteiger partial charge >= 0.3 is 0 Å². The second-order valence-corrected chi connectivity index (χ2v) is 3.64. The van der Waals surface area contributed by atoms with Crippen molar-refractivity contribution in [3.05, 3.63) is 23.8 Å². The number of carbonyl (C=O) groups excluding carboxylic acids is 1. The van der Waals surface area contributed by atoms with Gasteiger partial charge in [-0.05, 0) is 24.5 Å². The van der Waals surface area contributed by atoms with Crippen LogP contribution in [0.3, 0.4) is 0 Å². The standard InChI is InChI=1S/C9H9N3OS/c1-14-9-11-6-3-2-5(8(10)13)4-7(6)12-9/h2-4H,1H3,(H2,10,13)(H,11,12). The van der Waals surface area contributed by atoms with Crippen LogP contribution in [0.5, 0.6) is 0 Å². The number of nitrogens with one attached hydrogen (secondary N) is 1. The molecule has 0 aliphatic heterocycles. The number of aromatic nitrogens is 2. The number of imidazole rings is 1. The summed E-state index contributed by atoms with van der Waals surface area (Å²) in [5.41, 5.74) is 7.33. The number of aromatic amines is 1. The van der Waals surface area contributed by atoms with Crippen LogP contribution in [0, 0.1) is 0 Å². The van der Waals surface area contributed by atoms with Crippen LogP contribution < -0.4 is 5.73 Å². The number of benzene rings is 1. The zero-order chi connectivity index (χ0) is 10.1. The van der Waals surface area contributed by atoms with E-state index < -0.39 is 5.91 Å². The minimum atomic E-state index is -0.430. The maximum Gasteiger partial charge on any atom is 0.248 e. The van der Waals surface area contributed by atoms with Crippen LogP contribution in [0.15, 0.2) is 23.4 Å². The van der Waals surface area contributed by atoms with Crippen molar-refractivity contribution < 1.29 is 4.79 Å². The lowest BCUT2D eigenvalue weighted by atomic mass is 10.2. The van der Waals surface area contributed by atoms with Gasteiger partial charge in [0.15, 0.2) is 5.16 Å². The van der Waals surface area contributed by atoms with Crippen molar-refractivity contribution in [1.29, 1.82) is 0 Å². The Hall–Kier alpha value is -1.49. The molecule has 5 heteroatoms. The van der Waals surface area contributed by atoms with Crippen molar-refractivity contribution in [2.45, 2.75) is 5.16 Å². The molecule has 72 valence electrons. The Morgan fingerprint density at radius 1 is 1.57 bits per heavy atom. The van der Waals surface area contributed by atoms with Gasteiger partial charge in [0.2, 0.25) is 5.91 Å². The second kappa shape index (κ2) is 3.34. The summed E-state index contributed by atoms with van der Waals surface area (Å²) in [6.07, 6.45) is 1.94. The number of primary amides is 1. The molecule has 2 aromatic rings. The Kier molecular flexibility index (Phi) is 2.17. The van der Waals surface area contributed by atoms with Gasteiger partial charge in [-0.2, -0.15) is 0 Å². The van der Waals surface area contributed by atoms with Gasteiger partial charge in [-0.15, -0.1) is 0 Å². The van der Waals surface area contributed by atoms with E-state index in [1.807, 2.05) is 12.3 Å². The molecule has 0 radical (unpaired) electrons. The lowest BCUT2D eigenvalue weighted by Gasteiger charge is -1.93. The van der Waals surface area contributed by atoms with E-state index >= 15 is 0 Å². The number of nitrogens with zero attached hydrogens (tertiary/aromatic N) is 1. The summed E-state index contributed by atoms with van der Waals surface area (Å²) in [6, 6.07) is 5.18. The Labute approximate surface area is 84.9 Å². The van der Waals surface area contributed by atoms with Crippen LogP contribution in [0.25, 0.3) is 11.0 Å². The molecule has 1 heterocycles. The zero-order valence-corrected chi connectivity index (χ0v) is 8.39. The molecule has 14 heavy (non-hydrogen) atoms. The highest BCUT2D eigenvalue weighted by molar-refractivity contribution is 7.98. The summed E-state index contributed by atoms with van der Waals surface area (Å²) in [4.78, 5) is 18.3. The molecule has 0 spiro atoms. The quantitative estimate of drug-likeness (QED) is 0.731. The van der Waals surface area contributed by atoms with Gasteiger partial charge in [-0.3, -0.25) is 4.79 Å². The lowest BCUT2D eigenvalue weighted by Crippen LogP contribution is -2.10. The molecule has 0 saturated heterocycles. The first kappa shape index (κ1) is 9.08. The molecule has 0 unspecified atom stereocenters. The molecule has 1 aromatic heterocycles. The van der Waals surface area contributed by atoms with E-state index in [0.717, 1.165) is 16.2 Å². The fraction of sp³-hybridized carbons (Fsp3) is 0.111. The maximum atomic E-state index is 10.9. The molecule has 0 fully saturated rings. The van der Waals surface area contributed by atoms with Crippen LogP contribution in [-0.4, -0.2) is 22.1 Å². The van der Waals surface area contributed by atoms with E-state index in [4.69, 9.17) is 5.73 Å². The number of hydrogen-bond donors (Lipinski definition) is 2. The SMILES string of the molecule is CSc1nc2cc(C(N)=O)ccc2[nH]1. The van der Waals surface area contributed by atoms with Crippen LogP contribution in [0.1, 0.15) is 10.4 Å². The molecule has 4 nitrogen and oxygen atoms in total. The molecule has 2 rings (SSSR count). The summed E-state index contributed by atoms with van der Waals surface area (Å²) in [5.74, 6) is -0.430. The van der Waals surface area contributed by atoms with Crippen molar-refractivity contribution in [2.75, 3.05) is 6.26 Å². The third kappa shape index (κ3) is 1.46. The fourth-order valence-electron chi connectivity index (χ4n) is 1.23. The molecular formula is C9H9N3OS. The predicted molar refractivity (Wildman–Crippen MR) is 56.4 cm³/mol. The number of thioether (sulfide) groups is 1. The summed E-state index contributed by atoms with van der Waals surface area (Å²) in [6.45, 7) is 0. The van der Waals surface area contributed by atoms with Crippen molar-refractivity contribution in [3.8, 4) is 0 Å². The van der Waals surface area contributed by atoms with Gasteiger partial charge in [0, 0.05) is 5.56 Å². The van der Waals surface area contributed by atoms with Gasteiger partial charge in [0.05, 0.1) is 11.0 Å². The zero-order valence-electron chi connectivity index (χ0n) is 7.57. The average molecular weight is 207 g/mol. The minimum Gasteiger partial charge on any atom is -0.366 e. The number of fused-ring (bicyclic) bond motifs is 1. The van der Waals surface area contributed by atoms with E-state index in [2.05, 4.69) is 9.97 Å². The van der Waals surface area contributed by atoms with Crippen molar-refractivity contribution in [2.24, 2.45) is 5.73 Å². The number of rotatable bonds is 2. The Bertz CT molecular complexity index is 492. The molecule has 3 N–H and O–H groups in total. The first-order chi connectivity index (χ1) is 6.70. The molecule has 0 saturated carbocycles. The van der Waals surface area contributed by atoms with Gasteiger partial charge < -0.3 is 10.7 Å². The van der Waals surface area contributed by atoms with Crippen LogP contribution in [0.2, 0.25) is 0 Å².